The number of pyridine rings is 1. The number of amides is 1. The normalized spacial score (nSPS) is 15.5. The summed E-state index contributed by atoms with van der Waals surface area (Å²) in [4.78, 5) is 24.9. The molecule has 0 saturated heterocycles. The Hall–Kier alpha value is -1.84. The Morgan fingerprint density at radius 1 is 1.33 bits per heavy atom. The second kappa shape index (κ2) is 4.13. The average molecular weight is 204 g/mol. The highest BCUT2D eigenvalue weighted by Crippen LogP contribution is 2.09. The molecule has 1 amide bonds. The maximum atomic E-state index is 11.7. The van der Waals surface area contributed by atoms with Crippen molar-refractivity contribution >= 4 is 5.91 Å². The summed E-state index contributed by atoms with van der Waals surface area (Å²) in [7, 11) is 0. The van der Waals surface area contributed by atoms with E-state index in [1.807, 2.05) is 0 Å². The zero-order valence-electron chi connectivity index (χ0n) is 8.19. The van der Waals surface area contributed by atoms with Crippen molar-refractivity contribution in [2.24, 2.45) is 0 Å². The van der Waals surface area contributed by atoms with Crippen LogP contribution in [0.15, 0.2) is 35.3 Å². The number of aromatic nitrogens is 1. The number of hydrogen-bond donors (Lipinski definition) is 2. The third-order valence-corrected chi connectivity index (χ3v) is 2.39. The molecule has 1 aliphatic carbocycles. The fraction of sp³-hybridized carbons (Fsp3) is 0.273. The van der Waals surface area contributed by atoms with Crippen molar-refractivity contribution in [1.29, 1.82) is 0 Å². The maximum Gasteiger partial charge on any atom is 0.252 e. The Morgan fingerprint density at radius 2 is 2.07 bits per heavy atom. The zero-order chi connectivity index (χ0) is 10.7. The molecule has 2 N–H and O–H groups in total. The van der Waals surface area contributed by atoms with Crippen molar-refractivity contribution in [2.75, 3.05) is 0 Å². The van der Waals surface area contributed by atoms with Crippen molar-refractivity contribution in [1.82, 2.24) is 10.3 Å². The minimum atomic E-state index is -0.200. The molecule has 78 valence electrons. The van der Waals surface area contributed by atoms with E-state index in [4.69, 9.17) is 0 Å². The highest BCUT2D eigenvalue weighted by atomic mass is 16.2. The van der Waals surface area contributed by atoms with E-state index < -0.39 is 0 Å². The number of rotatable bonds is 2. The standard InChI is InChI=1S/C11H12N2O2/c14-10-6-5-8(7-12-10)11(15)13-9-3-1-2-4-9/h1-2,5-7,9H,3-4H2,(H,12,14)(H,13,15). The van der Waals surface area contributed by atoms with Gasteiger partial charge in [-0.25, -0.2) is 0 Å². The first kappa shape index (κ1) is 9.71. The first-order valence-electron chi connectivity index (χ1n) is 4.90. The Morgan fingerprint density at radius 3 is 2.67 bits per heavy atom. The summed E-state index contributed by atoms with van der Waals surface area (Å²) >= 11 is 0. The van der Waals surface area contributed by atoms with Crippen LogP contribution in [0.1, 0.15) is 23.2 Å². The number of hydrogen-bond acceptors (Lipinski definition) is 2. The van der Waals surface area contributed by atoms with Crippen LogP contribution < -0.4 is 10.9 Å². The molecule has 1 aliphatic rings. The Labute approximate surface area is 87.0 Å². The highest BCUT2D eigenvalue weighted by Gasteiger charge is 2.14. The van der Waals surface area contributed by atoms with Crippen molar-refractivity contribution in [2.45, 2.75) is 18.9 Å². The first-order chi connectivity index (χ1) is 7.25. The highest BCUT2D eigenvalue weighted by molar-refractivity contribution is 5.94. The molecule has 4 nitrogen and oxygen atoms in total. The molecule has 0 aromatic carbocycles. The van der Waals surface area contributed by atoms with E-state index in [9.17, 15) is 9.59 Å². The smallest absolute Gasteiger partial charge is 0.252 e. The van der Waals surface area contributed by atoms with Crippen molar-refractivity contribution < 1.29 is 4.79 Å². The third-order valence-electron chi connectivity index (χ3n) is 2.39. The Balaban J connectivity index is 2.01. The van der Waals surface area contributed by atoms with Gasteiger partial charge >= 0.3 is 0 Å². The summed E-state index contributed by atoms with van der Waals surface area (Å²) in [6.45, 7) is 0. The van der Waals surface area contributed by atoms with Gasteiger partial charge in [0.15, 0.2) is 0 Å². The molecule has 0 atom stereocenters. The second-order valence-electron chi connectivity index (χ2n) is 3.55. The van der Waals surface area contributed by atoms with Crippen LogP contribution in [-0.4, -0.2) is 16.9 Å². The minimum absolute atomic E-state index is 0.139. The van der Waals surface area contributed by atoms with Gasteiger partial charge < -0.3 is 10.3 Å². The SMILES string of the molecule is O=C(NC1CC=CC1)c1ccc(=O)[nH]c1. The lowest BCUT2D eigenvalue weighted by molar-refractivity contribution is 0.0938. The molecule has 0 saturated carbocycles. The van der Waals surface area contributed by atoms with Gasteiger partial charge in [-0.15, -0.1) is 0 Å². The van der Waals surface area contributed by atoms with Crippen LogP contribution in [0, 0.1) is 0 Å². The molecule has 0 aliphatic heterocycles. The predicted octanol–water partition coefficient (Wildman–Crippen LogP) is 0.823. The van der Waals surface area contributed by atoms with E-state index in [0.717, 1.165) is 12.8 Å². The van der Waals surface area contributed by atoms with E-state index in [1.165, 1.54) is 18.3 Å². The Kier molecular flexibility index (Phi) is 2.67. The molecule has 0 radical (unpaired) electrons. The predicted molar refractivity (Wildman–Crippen MR) is 56.7 cm³/mol. The van der Waals surface area contributed by atoms with Crippen molar-refractivity contribution in [3.8, 4) is 0 Å². The van der Waals surface area contributed by atoms with Gasteiger partial charge in [0.1, 0.15) is 0 Å². The lowest BCUT2D eigenvalue weighted by Gasteiger charge is -2.11. The van der Waals surface area contributed by atoms with Gasteiger partial charge in [0, 0.05) is 18.3 Å². The summed E-state index contributed by atoms with van der Waals surface area (Å²) in [6.07, 6.45) is 7.31. The van der Waals surface area contributed by atoms with E-state index in [-0.39, 0.29) is 17.5 Å². The molecule has 15 heavy (non-hydrogen) atoms. The van der Waals surface area contributed by atoms with Gasteiger partial charge in [-0.1, -0.05) is 12.2 Å². The van der Waals surface area contributed by atoms with Crippen LogP contribution in [-0.2, 0) is 0 Å². The quantitative estimate of drug-likeness (QED) is 0.701. The van der Waals surface area contributed by atoms with Gasteiger partial charge in [0.25, 0.3) is 5.91 Å². The number of carbonyl (C=O) groups excluding carboxylic acids is 1. The molecule has 0 spiro atoms. The average Bonchev–Trinajstić information content (AvgIpc) is 2.71. The van der Waals surface area contributed by atoms with Crippen LogP contribution in [0.4, 0.5) is 0 Å². The van der Waals surface area contributed by atoms with Crippen LogP contribution in [0.3, 0.4) is 0 Å². The van der Waals surface area contributed by atoms with Crippen LogP contribution in [0.5, 0.6) is 0 Å². The van der Waals surface area contributed by atoms with Crippen LogP contribution in [0.25, 0.3) is 0 Å². The molecule has 2 rings (SSSR count). The summed E-state index contributed by atoms with van der Waals surface area (Å²) < 4.78 is 0. The third kappa shape index (κ3) is 2.34. The van der Waals surface area contributed by atoms with E-state index in [2.05, 4.69) is 22.5 Å². The van der Waals surface area contributed by atoms with Gasteiger partial charge in [0.05, 0.1) is 5.56 Å². The molecule has 1 heterocycles. The number of H-pyrrole nitrogens is 1. The van der Waals surface area contributed by atoms with E-state index in [1.54, 1.807) is 0 Å². The molecule has 1 aromatic rings. The van der Waals surface area contributed by atoms with Gasteiger partial charge in [-0.3, -0.25) is 9.59 Å². The lowest BCUT2D eigenvalue weighted by Crippen LogP contribution is -2.33. The Bertz CT molecular complexity index is 420. The molecular weight excluding hydrogens is 192 g/mol. The molecule has 4 heteroatoms. The van der Waals surface area contributed by atoms with Crippen LogP contribution in [0.2, 0.25) is 0 Å². The second-order valence-corrected chi connectivity index (χ2v) is 3.55. The van der Waals surface area contributed by atoms with Gasteiger partial charge in [0.2, 0.25) is 5.56 Å². The molecular formula is C11H12N2O2. The summed E-state index contributed by atoms with van der Waals surface area (Å²) in [5.41, 5.74) is 0.288. The number of aromatic amines is 1. The summed E-state index contributed by atoms with van der Waals surface area (Å²) in [6, 6.07) is 3.07. The zero-order valence-corrected chi connectivity index (χ0v) is 8.19. The fourth-order valence-corrected chi connectivity index (χ4v) is 1.56. The summed E-state index contributed by atoms with van der Waals surface area (Å²) in [5.74, 6) is -0.139. The minimum Gasteiger partial charge on any atom is -0.349 e. The van der Waals surface area contributed by atoms with Gasteiger partial charge in [-0.05, 0) is 18.9 Å². The molecule has 0 bridgehead atoms. The fourth-order valence-electron chi connectivity index (χ4n) is 1.56. The molecule has 0 fully saturated rings. The summed E-state index contributed by atoms with van der Waals surface area (Å²) in [5, 5.41) is 2.89. The molecule has 0 unspecified atom stereocenters. The van der Waals surface area contributed by atoms with Crippen molar-refractivity contribution in [3.63, 3.8) is 0 Å². The number of carbonyl (C=O) groups is 1. The maximum absolute atomic E-state index is 11.7. The van der Waals surface area contributed by atoms with E-state index in [0.29, 0.717) is 5.56 Å². The van der Waals surface area contributed by atoms with E-state index >= 15 is 0 Å². The van der Waals surface area contributed by atoms with Gasteiger partial charge in [-0.2, -0.15) is 0 Å². The lowest BCUT2D eigenvalue weighted by atomic mass is 10.2. The monoisotopic (exact) mass is 204 g/mol. The number of nitrogens with one attached hydrogen (secondary N) is 2. The first-order valence-corrected chi connectivity index (χ1v) is 4.90. The van der Waals surface area contributed by atoms with Crippen LogP contribution >= 0.6 is 0 Å². The largest absolute Gasteiger partial charge is 0.349 e. The topological polar surface area (TPSA) is 62.0 Å². The van der Waals surface area contributed by atoms with Crippen molar-refractivity contribution in [3.05, 3.63) is 46.4 Å². The molecule has 1 aromatic heterocycles.